The Morgan fingerprint density at radius 1 is 1.29 bits per heavy atom. The molecular weight excluding hydrogens is 208 g/mol. The smallest absolute Gasteiger partial charge is 0.0208 e. The number of hydrogen-bond donors (Lipinski definition) is 1. The van der Waals surface area contributed by atoms with E-state index in [0.717, 1.165) is 32.1 Å². The monoisotopic (exact) mass is 232 g/mol. The second-order valence-corrected chi connectivity index (χ2v) is 5.05. The SMILES string of the molecule is CCN(C)CCNCc1ccccc1C1CC1. The van der Waals surface area contributed by atoms with E-state index in [2.05, 4.69) is 48.5 Å². The lowest BCUT2D eigenvalue weighted by atomic mass is 10.0. The van der Waals surface area contributed by atoms with Gasteiger partial charge in [-0.3, -0.25) is 0 Å². The molecule has 1 aliphatic carbocycles. The Bertz CT molecular complexity index is 345. The van der Waals surface area contributed by atoms with Gasteiger partial charge < -0.3 is 10.2 Å². The fraction of sp³-hybridized carbons (Fsp3) is 0.600. The van der Waals surface area contributed by atoms with Gasteiger partial charge in [-0.25, -0.2) is 0 Å². The Labute approximate surface area is 105 Å². The van der Waals surface area contributed by atoms with E-state index in [1.165, 1.54) is 18.4 Å². The first-order chi connectivity index (χ1) is 8.31. The van der Waals surface area contributed by atoms with Gasteiger partial charge in [0.2, 0.25) is 0 Å². The fourth-order valence-corrected chi connectivity index (χ4v) is 2.14. The maximum absolute atomic E-state index is 3.55. The molecule has 94 valence electrons. The lowest BCUT2D eigenvalue weighted by Crippen LogP contribution is -2.28. The highest BCUT2D eigenvalue weighted by Gasteiger charge is 2.25. The molecule has 0 aliphatic heterocycles. The van der Waals surface area contributed by atoms with Gasteiger partial charge >= 0.3 is 0 Å². The predicted molar refractivity (Wildman–Crippen MR) is 73.3 cm³/mol. The quantitative estimate of drug-likeness (QED) is 0.727. The minimum Gasteiger partial charge on any atom is -0.311 e. The van der Waals surface area contributed by atoms with Gasteiger partial charge in [-0.2, -0.15) is 0 Å². The highest BCUT2D eigenvalue weighted by atomic mass is 15.1. The first kappa shape index (κ1) is 12.6. The van der Waals surface area contributed by atoms with E-state index in [4.69, 9.17) is 0 Å². The Kier molecular flexibility index (Phi) is 4.57. The summed E-state index contributed by atoms with van der Waals surface area (Å²) in [6.07, 6.45) is 2.77. The highest BCUT2D eigenvalue weighted by molar-refractivity contribution is 5.33. The Morgan fingerprint density at radius 2 is 2.06 bits per heavy atom. The summed E-state index contributed by atoms with van der Waals surface area (Å²) in [5.41, 5.74) is 3.07. The summed E-state index contributed by atoms with van der Waals surface area (Å²) in [7, 11) is 2.17. The number of likely N-dealkylation sites (N-methyl/N-ethyl adjacent to an activating group) is 1. The molecule has 0 saturated heterocycles. The highest BCUT2D eigenvalue weighted by Crippen LogP contribution is 2.41. The summed E-state index contributed by atoms with van der Waals surface area (Å²) in [4.78, 5) is 2.33. The standard InChI is InChI=1S/C15H24N2/c1-3-17(2)11-10-16-12-14-6-4-5-7-15(14)13-8-9-13/h4-7,13,16H,3,8-12H2,1-2H3. The maximum atomic E-state index is 3.55. The van der Waals surface area contributed by atoms with Crippen molar-refractivity contribution in [3.8, 4) is 0 Å². The van der Waals surface area contributed by atoms with Crippen molar-refractivity contribution in [3.05, 3.63) is 35.4 Å². The number of nitrogens with one attached hydrogen (secondary N) is 1. The lowest BCUT2D eigenvalue weighted by Gasteiger charge is -2.15. The molecule has 17 heavy (non-hydrogen) atoms. The Morgan fingerprint density at radius 3 is 2.76 bits per heavy atom. The van der Waals surface area contributed by atoms with Gasteiger partial charge in [0.05, 0.1) is 0 Å². The van der Waals surface area contributed by atoms with E-state index >= 15 is 0 Å². The third-order valence-electron chi connectivity index (χ3n) is 3.60. The number of benzene rings is 1. The molecule has 0 unspecified atom stereocenters. The average molecular weight is 232 g/mol. The lowest BCUT2D eigenvalue weighted by molar-refractivity contribution is 0.349. The van der Waals surface area contributed by atoms with Gasteiger partial charge in [-0.05, 0) is 43.5 Å². The van der Waals surface area contributed by atoms with Crippen LogP contribution in [-0.4, -0.2) is 31.6 Å². The van der Waals surface area contributed by atoms with Gasteiger partial charge in [0, 0.05) is 19.6 Å². The van der Waals surface area contributed by atoms with Crippen LogP contribution in [-0.2, 0) is 6.54 Å². The molecule has 1 fully saturated rings. The normalized spacial score (nSPS) is 15.5. The summed E-state index contributed by atoms with van der Waals surface area (Å²) >= 11 is 0. The maximum Gasteiger partial charge on any atom is 0.0208 e. The predicted octanol–water partition coefficient (Wildman–Crippen LogP) is 2.61. The molecule has 2 heteroatoms. The van der Waals surface area contributed by atoms with Crippen LogP contribution in [0.1, 0.15) is 36.8 Å². The van der Waals surface area contributed by atoms with E-state index in [1.807, 2.05) is 0 Å². The van der Waals surface area contributed by atoms with Crippen LogP contribution >= 0.6 is 0 Å². The van der Waals surface area contributed by atoms with Crippen molar-refractivity contribution >= 4 is 0 Å². The van der Waals surface area contributed by atoms with Gasteiger partial charge in [0.1, 0.15) is 0 Å². The Hall–Kier alpha value is -0.860. The van der Waals surface area contributed by atoms with Gasteiger partial charge in [-0.15, -0.1) is 0 Å². The van der Waals surface area contributed by atoms with Crippen molar-refractivity contribution < 1.29 is 0 Å². The molecule has 1 saturated carbocycles. The van der Waals surface area contributed by atoms with Gasteiger partial charge in [0.25, 0.3) is 0 Å². The van der Waals surface area contributed by atoms with Crippen LogP contribution in [0.2, 0.25) is 0 Å². The molecule has 0 atom stereocenters. The third-order valence-corrected chi connectivity index (χ3v) is 3.60. The van der Waals surface area contributed by atoms with Crippen molar-refractivity contribution in [2.75, 3.05) is 26.7 Å². The van der Waals surface area contributed by atoms with E-state index in [1.54, 1.807) is 5.56 Å². The van der Waals surface area contributed by atoms with E-state index in [0.29, 0.717) is 0 Å². The van der Waals surface area contributed by atoms with Gasteiger partial charge in [-0.1, -0.05) is 31.2 Å². The molecule has 2 rings (SSSR count). The molecular formula is C15H24N2. The molecule has 0 spiro atoms. The largest absolute Gasteiger partial charge is 0.311 e. The van der Waals surface area contributed by atoms with Crippen LogP contribution in [0.4, 0.5) is 0 Å². The zero-order valence-electron chi connectivity index (χ0n) is 11.1. The van der Waals surface area contributed by atoms with Gasteiger partial charge in [0.15, 0.2) is 0 Å². The summed E-state index contributed by atoms with van der Waals surface area (Å²) < 4.78 is 0. The summed E-state index contributed by atoms with van der Waals surface area (Å²) in [6.45, 7) is 6.54. The minimum absolute atomic E-state index is 0.853. The summed E-state index contributed by atoms with van der Waals surface area (Å²) in [5.74, 6) is 0.853. The van der Waals surface area contributed by atoms with Crippen LogP contribution in [0.5, 0.6) is 0 Å². The van der Waals surface area contributed by atoms with Crippen molar-refractivity contribution in [2.24, 2.45) is 0 Å². The summed E-state index contributed by atoms with van der Waals surface area (Å²) in [5, 5.41) is 3.55. The zero-order valence-corrected chi connectivity index (χ0v) is 11.1. The number of hydrogen-bond acceptors (Lipinski definition) is 2. The first-order valence-electron chi connectivity index (χ1n) is 6.78. The molecule has 0 amide bonds. The third kappa shape index (κ3) is 3.83. The van der Waals surface area contributed by atoms with Crippen molar-refractivity contribution in [1.29, 1.82) is 0 Å². The topological polar surface area (TPSA) is 15.3 Å². The molecule has 1 aromatic rings. The second-order valence-electron chi connectivity index (χ2n) is 5.05. The van der Waals surface area contributed by atoms with E-state index in [-0.39, 0.29) is 0 Å². The molecule has 0 heterocycles. The Balaban J connectivity index is 1.78. The zero-order chi connectivity index (χ0) is 12.1. The average Bonchev–Trinajstić information content (AvgIpc) is 3.19. The fourth-order valence-electron chi connectivity index (χ4n) is 2.14. The van der Waals surface area contributed by atoms with Crippen LogP contribution < -0.4 is 5.32 Å². The van der Waals surface area contributed by atoms with Crippen molar-refractivity contribution in [3.63, 3.8) is 0 Å². The molecule has 0 radical (unpaired) electrons. The van der Waals surface area contributed by atoms with Crippen LogP contribution in [0.25, 0.3) is 0 Å². The molecule has 0 aromatic heterocycles. The molecule has 1 aliphatic rings. The molecule has 2 nitrogen and oxygen atoms in total. The number of rotatable bonds is 7. The molecule has 0 bridgehead atoms. The van der Waals surface area contributed by atoms with Crippen molar-refractivity contribution in [2.45, 2.75) is 32.2 Å². The number of nitrogens with zero attached hydrogens (tertiary/aromatic N) is 1. The van der Waals surface area contributed by atoms with E-state index < -0.39 is 0 Å². The van der Waals surface area contributed by atoms with Crippen LogP contribution in [0, 0.1) is 0 Å². The first-order valence-corrected chi connectivity index (χ1v) is 6.78. The summed E-state index contributed by atoms with van der Waals surface area (Å²) in [6, 6.07) is 8.89. The van der Waals surface area contributed by atoms with E-state index in [9.17, 15) is 0 Å². The molecule has 1 N–H and O–H groups in total. The molecule has 1 aromatic carbocycles. The minimum atomic E-state index is 0.853. The van der Waals surface area contributed by atoms with Crippen LogP contribution in [0.3, 0.4) is 0 Å². The van der Waals surface area contributed by atoms with Crippen molar-refractivity contribution in [1.82, 2.24) is 10.2 Å². The second kappa shape index (κ2) is 6.18. The van der Waals surface area contributed by atoms with Crippen LogP contribution in [0.15, 0.2) is 24.3 Å².